The summed E-state index contributed by atoms with van der Waals surface area (Å²) in [4.78, 5) is 10.1. The first-order valence-corrected chi connectivity index (χ1v) is 15.0. The summed E-state index contributed by atoms with van der Waals surface area (Å²) < 4.78 is 19.1. The number of rotatable bonds is 4. The Labute approximate surface area is 256 Å². The number of furan rings is 1. The first-order valence-electron chi connectivity index (χ1n) is 15.0. The van der Waals surface area contributed by atoms with Gasteiger partial charge in [-0.25, -0.2) is 9.97 Å². The molecule has 0 radical (unpaired) electrons. The summed E-state index contributed by atoms with van der Waals surface area (Å²) in [5, 5.41) is 3.08. The molecule has 6 heteroatoms. The number of aromatic nitrogens is 2. The highest BCUT2D eigenvalue weighted by Crippen LogP contribution is 2.40. The minimum absolute atomic E-state index is 0.416. The molecule has 0 N–H and O–H groups in total. The van der Waals surface area contributed by atoms with E-state index in [0.29, 0.717) is 5.82 Å². The van der Waals surface area contributed by atoms with Crippen molar-refractivity contribution in [2.45, 2.75) is 38.9 Å². The Balaban J connectivity index is 1.31. The van der Waals surface area contributed by atoms with Gasteiger partial charge in [-0.2, -0.15) is 0 Å². The molecule has 3 heterocycles. The van der Waals surface area contributed by atoms with Crippen molar-refractivity contribution in [3.8, 4) is 33.8 Å². The first-order chi connectivity index (χ1) is 21.3. The van der Waals surface area contributed by atoms with Crippen LogP contribution in [0.3, 0.4) is 0 Å². The molecular formula is C38H31BN2O3. The van der Waals surface area contributed by atoms with Gasteiger partial charge in [-0.05, 0) is 68.6 Å². The average molecular weight is 574 g/mol. The van der Waals surface area contributed by atoms with Crippen LogP contribution in [0.2, 0.25) is 0 Å². The molecule has 0 aliphatic carbocycles. The Kier molecular flexibility index (Phi) is 6.02. The molecule has 5 aromatic carbocycles. The molecule has 0 atom stereocenters. The van der Waals surface area contributed by atoms with Crippen molar-refractivity contribution in [2.24, 2.45) is 0 Å². The molecule has 214 valence electrons. The molecule has 0 bridgehead atoms. The molecule has 2 aromatic heterocycles. The van der Waals surface area contributed by atoms with Gasteiger partial charge in [0.05, 0.1) is 22.4 Å². The Hall–Kier alpha value is -4.78. The summed E-state index contributed by atoms with van der Waals surface area (Å²) >= 11 is 0. The second kappa shape index (κ2) is 9.88. The van der Waals surface area contributed by atoms with E-state index in [2.05, 4.69) is 70.2 Å². The zero-order chi connectivity index (χ0) is 30.1. The first kappa shape index (κ1) is 26.8. The molecule has 5 nitrogen and oxygen atoms in total. The molecule has 0 amide bonds. The number of hydrogen-bond donors (Lipinski definition) is 0. The molecule has 7 aromatic rings. The van der Waals surface area contributed by atoms with E-state index in [1.54, 1.807) is 0 Å². The SMILES string of the molecule is CC1(C)OB(c2ccc3oc4cccc(-c5ccc6nc(-c7ccccc7)nc(-c7ccccc7)c6c5)c4c3c2)OC1(C)C. The highest BCUT2D eigenvalue weighted by Gasteiger charge is 2.51. The van der Waals surface area contributed by atoms with Gasteiger partial charge in [0, 0.05) is 27.3 Å². The van der Waals surface area contributed by atoms with E-state index in [1.165, 1.54) is 0 Å². The smallest absolute Gasteiger partial charge is 0.456 e. The topological polar surface area (TPSA) is 57.4 Å². The third kappa shape index (κ3) is 4.33. The lowest BCUT2D eigenvalue weighted by atomic mass is 9.78. The van der Waals surface area contributed by atoms with E-state index in [9.17, 15) is 0 Å². The Morgan fingerprint density at radius 2 is 1.27 bits per heavy atom. The molecule has 1 aliphatic heterocycles. The van der Waals surface area contributed by atoms with Crippen molar-refractivity contribution in [1.82, 2.24) is 9.97 Å². The fraction of sp³-hybridized carbons (Fsp3) is 0.158. The van der Waals surface area contributed by atoms with Crippen LogP contribution in [0.25, 0.3) is 66.6 Å². The second-order valence-corrected chi connectivity index (χ2v) is 12.5. The fourth-order valence-electron chi connectivity index (χ4n) is 6.04. The van der Waals surface area contributed by atoms with E-state index in [4.69, 9.17) is 23.7 Å². The number of benzene rings is 5. The van der Waals surface area contributed by atoms with Crippen LogP contribution in [0.1, 0.15) is 27.7 Å². The van der Waals surface area contributed by atoms with Crippen LogP contribution in [-0.2, 0) is 9.31 Å². The highest BCUT2D eigenvalue weighted by molar-refractivity contribution is 6.62. The molecule has 1 saturated heterocycles. The van der Waals surface area contributed by atoms with E-state index < -0.39 is 18.3 Å². The van der Waals surface area contributed by atoms with Crippen LogP contribution >= 0.6 is 0 Å². The van der Waals surface area contributed by atoms with Crippen LogP contribution in [0.4, 0.5) is 0 Å². The standard InChI is InChI=1S/C38H31BN2O3/c1-37(2)38(3,4)44-39(43-37)27-19-21-32-30(23-27)34-28(16-11-17-33(34)42-32)26-18-20-31-29(22-26)35(24-12-7-5-8-13-24)41-36(40-31)25-14-9-6-10-15-25/h5-23H,1-4H3. The monoisotopic (exact) mass is 574 g/mol. The molecule has 0 spiro atoms. The van der Waals surface area contributed by atoms with Gasteiger partial charge in [-0.15, -0.1) is 0 Å². The predicted molar refractivity (Wildman–Crippen MR) is 179 cm³/mol. The van der Waals surface area contributed by atoms with Crippen molar-refractivity contribution in [3.05, 3.63) is 115 Å². The maximum absolute atomic E-state index is 6.38. The number of fused-ring (bicyclic) bond motifs is 4. The van der Waals surface area contributed by atoms with Crippen LogP contribution < -0.4 is 5.46 Å². The quantitative estimate of drug-likeness (QED) is 0.197. The molecular weight excluding hydrogens is 543 g/mol. The fourth-order valence-corrected chi connectivity index (χ4v) is 6.04. The van der Waals surface area contributed by atoms with Crippen molar-refractivity contribution >= 4 is 45.4 Å². The third-order valence-corrected chi connectivity index (χ3v) is 9.13. The van der Waals surface area contributed by atoms with E-state index >= 15 is 0 Å². The molecule has 1 fully saturated rings. The van der Waals surface area contributed by atoms with E-state index in [-0.39, 0.29) is 0 Å². The Morgan fingerprint density at radius 1 is 0.568 bits per heavy atom. The summed E-state index contributed by atoms with van der Waals surface area (Å²) in [6.07, 6.45) is 0. The van der Waals surface area contributed by atoms with Crippen LogP contribution in [0.5, 0.6) is 0 Å². The summed E-state index contributed by atoms with van der Waals surface area (Å²) in [6.45, 7) is 8.30. The summed E-state index contributed by atoms with van der Waals surface area (Å²) in [5.74, 6) is 0.711. The van der Waals surface area contributed by atoms with Crippen LogP contribution in [-0.4, -0.2) is 28.3 Å². The lowest BCUT2D eigenvalue weighted by Crippen LogP contribution is -2.41. The van der Waals surface area contributed by atoms with Crippen LogP contribution in [0.15, 0.2) is 120 Å². The van der Waals surface area contributed by atoms with Gasteiger partial charge in [0.1, 0.15) is 11.2 Å². The molecule has 44 heavy (non-hydrogen) atoms. The maximum Gasteiger partial charge on any atom is 0.494 e. The van der Waals surface area contributed by atoms with Gasteiger partial charge >= 0.3 is 7.12 Å². The largest absolute Gasteiger partial charge is 0.494 e. The highest BCUT2D eigenvalue weighted by atomic mass is 16.7. The minimum Gasteiger partial charge on any atom is -0.456 e. The van der Waals surface area contributed by atoms with Crippen molar-refractivity contribution in [2.75, 3.05) is 0 Å². The van der Waals surface area contributed by atoms with E-state index in [0.717, 1.165) is 66.3 Å². The van der Waals surface area contributed by atoms with Crippen molar-refractivity contribution < 1.29 is 13.7 Å². The predicted octanol–water partition coefficient (Wildman–Crippen LogP) is 8.83. The second-order valence-electron chi connectivity index (χ2n) is 12.5. The zero-order valence-corrected chi connectivity index (χ0v) is 25.2. The van der Waals surface area contributed by atoms with E-state index in [1.807, 2.05) is 72.8 Å². The van der Waals surface area contributed by atoms with Crippen molar-refractivity contribution in [1.29, 1.82) is 0 Å². The maximum atomic E-state index is 6.38. The average Bonchev–Trinajstić information content (AvgIpc) is 3.53. The molecule has 8 rings (SSSR count). The Morgan fingerprint density at radius 3 is 2.00 bits per heavy atom. The van der Waals surface area contributed by atoms with Crippen molar-refractivity contribution in [3.63, 3.8) is 0 Å². The normalized spacial score (nSPS) is 15.9. The molecule has 0 unspecified atom stereocenters. The number of nitrogens with zero attached hydrogens (tertiary/aromatic N) is 2. The number of hydrogen-bond acceptors (Lipinski definition) is 5. The summed E-state index contributed by atoms with van der Waals surface area (Å²) in [5.41, 5.74) is 7.80. The summed E-state index contributed by atoms with van der Waals surface area (Å²) in [6, 6.07) is 39.3. The molecule has 0 saturated carbocycles. The van der Waals surface area contributed by atoms with Gasteiger partial charge in [0.15, 0.2) is 5.82 Å². The van der Waals surface area contributed by atoms with Crippen LogP contribution in [0, 0.1) is 0 Å². The third-order valence-electron chi connectivity index (χ3n) is 9.13. The lowest BCUT2D eigenvalue weighted by molar-refractivity contribution is 0.00578. The van der Waals surface area contributed by atoms with Gasteiger partial charge in [0.2, 0.25) is 0 Å². The van der Waals surface area contributed by atoms with Gasteiger partial charge in [-0.1, -0.05) is 91.0 Å². The van der Waals surface area contributed by atoms with Gasteiger partial charge < -0.3 is 13.7 Å². The zero-order valence-electron chi connectivity index (χ0n) is 25.2. The van der Waals surface area contributed by atoms with Gasteiger partial charge in [0.25, 0.3) is 0 Å². The summed E-state index contributed by atoms with van der Waals surface area (Å²) in [7, 11) is -0.452. The van der Waals surface area contributed by atoms with Gasteiger partial charge in [-0.3, -0.25) is 0 Å². The lowest BCUT2D eigenvalue weighted by Gasteiger charge is -2.32. The molecule has 1 aliphatic rings. The minimum atomic E-state index is -0.452. The Bertz CT molecular complexity index is 2170.